The van der Waals surface area contributed by atoms with Crippen molar-refractivity contribution in [3.63, 3.8) is 0 Å². The zero-order chi connectivity index (χ0) is 13.6. The van der Waals surface area contributed by atoms with Gasteiger partial charge in [-0.2, -0.15) is 5.26 Å². The van der Waals surface area contributed by atoms with Crippen molar-refractivity contribution < 1.29 is 8.42 Å². The molecule has 1 rings (SSSR count). The molecule has 0 saturated heterocycles. The van der Waals surface area contributed by atoms with Crippen molar-refractivity contribution in [3.8, 4) is 6.07 Å². The van der Waals surface area contributed by atoms with Crippen molar-refractivity contribution in [2.45, 2.75) is 13.5 Å². The number of nitriles is 1. The van der Waals surface area contributed by atoms with Gasteiger partial charge in [-0.15, -0.1) is 0 Å². The van der Waals surface area contributed by atoms with Gasteiger partial charge in [-0.25, -0.2) is 13.1 Å². The molecule has 2 N–H and O–H groups in total. The summed E-state index contributed by atoms with van der Waals surface area (Å²) in [5.41, 5.74) is 2.81. The van der Waals surface area contributed by atoms with Crippen LogP contribution in [0.3, 0.4) is 0 Å². The maximum absolute atomic E-state index is 10.8. The quantitative estimate of drug-likeness (QED) is 0.736. The second kappa shape index (κ2) is 6.50. The molecule has 0 bridgehead atoms. The van der Waals surface area contributed by atoms with Crippen LogP contribution in [0.2, 0.25) is 0 Å². The highest BCUT2D eigenvalue weighted by Gasteiger charge is 2.01. The molecule has 0 amide bonds. The molecule has 1 aromatic rings. The van der Waals surface area contributed by atoms with Gasteiger partial charge in [0, 0.05) is 19.6 Å². The highest BCUT2D eigenvalue weighted by Crippen LogP contribution is 2.09. The van der Waals surface area contributed by atoms with Gasteiger partial charge < -0.3 is 5.32 Å². The average molecular weight is 267 g/mol. The van der Waals surface area contributed by atoms with Gasteiger partial charge in [0.05, 0.1) is 17.9 Å². The largest absolute Gasteiger partial charge is 0.311 e. The third-order valence-electron chi connectivity index (χ3n) is 2.45. The van der Waals surface area contributed by atoms with Crippen LogP contribution < -0.4 is 10.0 Å². The number of rotatable bonds is 6. The van der Waals surface area contributed by atoms with E-state index in [1.54, 1.807) is 6.07 Å². The maximum atomic E-state index is 10.8. The number of sulfonamides is 1. The Kier molecular flexibility index (Phi) is 5.28. The first-order chi connectivity index (χ1) is 8.42. The Morgan fingerprint density at radius 3 is 2.61 bits per heavy atom. The van der Waals surface area contributed by atoms with E-state index in [2.05, 4.69) is 16.1 Å². The van der Waals surface area contributed by atoms with Gasteiger partial charge >= 0.3 is 0 Å². The summed E-state index contributed by atoms with van der Waals surface area (Å²) >= 11 is 0. The summed E-state index contributed by atoms with van der Waals surface area (Å²) in [4.78, 5) is 0. The van der Waals surface area contributed by atoms with Crippen LogP contribution in [-0.2, 0) is 16.6 Å². The third kappa shape index (κ3) is 5.27. The van der Waals surface area contributed by atoms with Crippen molar-refractivity contribution >= 4 is 10.0 Å². The molecule has 0 fully saturated rings. The van der Waals surface area contributed by atoms with Crippen LogP contribution in [-0.4, -0.2) is 27.8 Å². The number of hydrogen-bond donors (Lipinski definition) is 2. The minimum Gasteiger partial charge on any atom is -0.311 e. The molecule has 5 nitrogen and oxygen atoms in total. The number of aryl methyl sites for hydroxylation is 1. The molecule has 0 aromatic heterocycles. The highest BCUT2D eigenvalue weighted by atomic mass is 32.2. The first-order valence-electron chi connectivity index (χ1n) is 5.57. The summed E-state index contributed by atoms with van der Waals surface area (Å²) in [6.07, 6.45) is 1.14. The number of benzene rings is 1. The van der Waals surface area contributed by atoms with Gasteiger partial charge in [0.2, 0.25) is 10.0 Å². The van der Waals surface area contributed by atoms with Crippen LogP contribution in [0.5, 0.6) is 0 Å². The molecule has 0 aliphatic heterocycles. The summed E-state index contributed by atoms with van der Waals surface area (Å²) in [7, 11) is -3.11. The molecule has 0 radical (unpaired) electrons. The Labute approximate surface area is 108 Å². The molecule has 0 heterocycles. The number of hydrogen-bond acceptors (Lipinski definition) is 4. The van der Waals surface area contributed by atoms with E-state index in [-0.39, 0.29) is 0 Å². The number of nitrogens with zero attached hydrogens (tertiary/aromatic N) is 1. The first-order valence-corrected chi connectivity index (χ1v) is 7.46. The zero-order valence-electron chi connectivity index (χ0n) is 10.5. The van der Waals surface area contributed by atoms with Crippen LogP contribution in [0.4, 0.5) is 0 Å². The topological polar surface area (TPSA) is 82.0 Å². The Bertz CT molecular complexity index is 547. The smallest absolute Gasteiger partial charge is 0.208 e. The fraction of sp³-hybridized carbons (Fsp3) is 0.417. The lowest BCUT2D eigenvalue weighted by Crippen LogP contribution is -2.30. The van der Waals surface area contributed by atoms with Gasteiger partial charge in [0.25, 0.3) is 0 Å². The maximum Gasteiger partial charge on any atom is 0.208 e. The van der Waals surface area contributed by atoms with Gasteiger partial charge in [0.15, 0.2) is 0 Å². The van der Waals surface area contributed by atoms with Crippen LogP contribution in [0, 0.1) is 18.3 Å². The molecule has 0 spiro atoms. The predicted molar refractivity (Wildman–Crippen MR) is 70.4 cm³/mol. The van der Waals surface area contributed by atoms with Crippen LogP contribution in [0.15, 0.2) is 18.2 Å². The van der Waals surface area contributed by atoms with Crippen molar-refractivity contribution in [2.75, 3.05) is 19.3 Å². The molecule has 0 aliphatic carbocycles. The van der Waals surface area contributed by atoms with E-state index < -0.39 is 10.0 Å². The van der Waals surface area contributed by atoms with Crippen LogP contribution >= 0.6 is 0 Å². The molecule has 0 saturated carbocycles. The van der Waals surface area contributed by atoms with Gasteiger partial charge in [-0.05, 0) is 30.2 Å². The van der Waals surface area contributed by atoms with E-state index >= 15 is 0 Å². The second-order valence-electron chi connectivity index (χ2n) is 4.10. The molecule has 0 atom stereocenters. The van der Waals surface area contributed by atoms with E-state index in [9.17, 15) is 8.42 Å². The van der Waals surface area contributed by atoms with E-state index in [0.29, 0.717) is 25.2 Å². The Balaban J connectivity index is 2.39. The zero-order valence-corrected chi connectivity index (χ0v) is 11.3. The molecule has 0 unspecified atom stereocenters. The summed E-state index contributed by atoms with van der Waals surface area (Å²) in [5.74, 6) is 0. The van der Waals surface area contributed by atoms with E-state index in [1.807, 2.05) is 19.1 Å². The molecule has 6 heteroatoms. The predicted octanol–water partition coefficient (Wildman–Crippen LogP) is 0.506. The summed E-state index contributed by atoms with van der Waals surface area (Å²) in [5, 5.41) is 11.9. The Morgan fingerprint density at radius 1 is 1.33 bits per heavy atom. The van der Waals surface area contributed by atoms with Crippen LogP contribution in [0.1, 0.15) is 16.7 Å². The molecular formula is C12H17N3O2S. The normalized spacial score (nSPS) is 11.2. The van der Waals surface area contributed by atoms with Crippen molar-refractivity contribution in [2.24, 2.45) is 0 Å². The molecule has 1 aromatic carbocycles. The van der Waals surface area contributed by atoms with Gasteiger partial charge in [0.1, 0.15) is 0 Å². The van der Waals surface area contributed by atoms with Crippen molar-refractivity contribution in [3.05, 3.63) is 34.9 Å². The highest BCUT2D eigenvalue weighted by molar-refractivity contribution is 7.88. The fourth-order valence-electron chi connectivity index (χ4n) is 1.51. The average Bonchev–Trinajstić information content (AvgIpc) is 2.29. The minimum atomic E-state index is -3.11. The van der Waals surface area contributed by atoms with Crippen LogP contribution in [0.25, 0.3) is 0 Å². The number of nitrogens with one attached hydrogen (secondary N) is 2. The second-order valence-corrected chi connectivity index (χ2v) is 5.93. The monoisotopic (exact) mass is 267 g/mol. The summed E-state index contributed by atoms with van der Waals surface area (Å²) in [6.45, 7) is 3.54. The standard InChI is InChI=1S/C12H17N3O2S/c1-10-7-11(8-13)3-4-12(10)9-14-5-6-15-18(2,16)17/h3-4,7,14-15H,5-6,9H2,1-2H3. The summed E-state index contributed by atoms with van der Waals surface area (Å²) < 4.78 is 24.0. The van der Waals surface area contributed by atoms with E-state index in [1.165, 1.54) is 0 Å². The molecule has 18 heavy (non-hydrogen) atoms. The molecule has 98 valence electrons. The third-order valence-corrected chi connectivity index (χ3v) is 3.18. The van der Waals surface area contributed by atoms with E-state index in [4.69, 9.17) is 5.26 Å². The lowest BCUT2D eigenvalue weighted by atomic mass is 10.1. The lowest BCUT2D eigenvalue weighted by molar-refractivity contribution is 0.581. The SMILES string of the molecule is Cc1cc(C#N)ccc1CNCCNS(C)(=O)=O. The van der Waals surface area contributed by atoms with Gasteiger partial charge in [-0.1, -0.05) is 6.07 Å². The lowest BCUT2D eigenvalue weighted by Gasteiger charge is -2.08. The van der Waals surface area contributed by atoms with E-state index in [0.717, 1.165) is 17.4 Å². The molecule has 0 aliphatic rings. The van der Waals surface area contributed by atoms with Crippen molar-refractivity contribution in [1.29, 1.82) is 5.26 Å². The minimum absolute atomic E-state index is 0.369. The first kappa shape index (κ1) is 14.6. The fourth-order valence-corrected chi connectivity index (χ4v) is 1.98. The van der Waals surface area contributed by atoms with Crippen molar-refractivity contribution in [1.82, 2.24) is 10.0 Å². The summed E-state index contributed by atoms with van der Waals surface area (Å²) in [6, 6.07) is 7.61. The Hall–Kier alpha value is -1.42. The molecular weight excluding hydrogens is 250 g/mol. The Morgan fingerprint density at radius 2 is 2.06 bits per heavy atom. The van der Waals surface area contributed by atoms with Gasteiger partial charge in [-0.3, -0.25) is 0 Å².